The molecule has 0 spiro atoms. The zero-order chi connectivity index (χ0) is 12.7. The van der Waals surface area contributed by atoms with Crippen LogP contribution in [0.4, 0.5) is 0 Å². The van der Waals surface area contributed by atoms with Gasteiger partial charge in [-0.1, -0.05) is 30.3 Å². The lowest BCUT2D eigenvalue weighted by Gasteiger charge is -2.25. The molecule has 0 aliphatic carbocycles. The summed E-state index contributed by atoms with van der Waals surface area (Å²) in [7, 11) is 1.70. The Hall–Kier alpha value is -0.900. The van der Waals surface area contributed by atoms with Gasteiger partial charge in [-0.2, -0.15) is 0 Å². The van der Waals surface area contributed by atoms with Gasteiger partial charge >= 0.3 is 0 Å². The summed E-state index contributed by atoms with van der Waals surface area (Å²) in [5, 5.41) is 12.8. The minimum Gasteiger partial charge on any atom is -0.395 e. The highest BCUT2D eigenvalue weighted by Crippen LogP contribution is 2.05. The average Bonchev–Trinajstić information content (AvgIpc) is 2.38. The summed E-state index contributed by atoms with van der Waals surface area (Å²) in [5.41, 5.74) is 1.23. The molecule has 1 rings (SSSR count). The quantitative estimate of drug-likeness (QED) is 0.757. The van der Waals surface area contributed by atoms with E-state index >= 15 is 0 Å². The van der Waals surface area contributed by atoms with Crippen LogP contribution in [-0.4, -0.2) is 37.0 Å². The number of aliphatic hydroxyl groups is 1. The van der Waals surface area contributed by atoms with Crippen LogP contribution < -0.4 is 5.32 Å². The molecule has 3 nitrogen and oxygen atoms in total. The van der Waals surface area contributed by atoms with Crippen molar-refractivity contribution in [1.29, 1.82) is 0 Å². The smallest absolute Gasteiger partial charge is 0.0693 e. The molecule has 0 amide bonds. The fourth-order valence-electron chi connectivity index (χ4n) is 1.79. The van der Waals surface area contributed by atoms with Crippen molar-refractivity contribution < 1.29 is 9.84 Å². The van der Waals surface area contributed by atoms with Gasteiger partial charge < -0.3 is 15.2 Å². The molecular formula is C14H23NO2. The minimum absolute atomic E-state index is 0.0741. The summed E-state index contributed by atoms with van der Waals surface area (Å²) in [5.74, 6) is 0. The Morgan fingerprint density at radius 2 is 1.88 bits per heavy atom. The maximum atomic E-state index is 9.39. The first-order chi connectivity index (χ1) is 8.17. The average molecular weight is 237 g/mol. The van der Waals surface area contributed by atoms with Crippen molar-refractivity contribution in [3.63, 3.8) is 0 Å². The van der Waals surface area contributed by atoms with Gasteiger partial charge in [0, 0.05) is 19.2 Å². The summed E-state index contributed by atoms with van der Waals surface area (Å²) in [6.07, 6.45) is 0.970. The van der Waals surface area contributed by atoms with E-state index in [1.165, 1.54) is 5.56 Å². The molecule has 0 radical (unpaired) electrons. The van der Waals surface area contributed by atoms with E-state index < -0.39 is 0 Å². The minimum atomic E-state index is 0.0741. The van der Waals surface area contributed by atoms with E-state index in [-0.39, 0.29) is 24.8 Å². The van der Waals surface area contributed by atoms with Crippen molar-refractivity contribution in [3.05, 3.63) is 35.9 Å². The van der Waals surface area contributed by atoms with Gasteiger partial charge in [0.2, 0.25) is 0 Å². The number of methoxy groups -OCH3 is 1. The summed E-state index contributed by atoms with van der Waals surface area (Å²) < 4.78 is 5.26. The van der Waals surface area contributed by atoms with Crippen molar-refractivity contribution in [2.75, 3.05) is 13.7 Å². The molecule has 0 saturated heterocycles. The third kappa shape index (κ3) is 4.86. The summed E-state index contributed by atoms with van der Waals surface area (Å²) in [6.45, 7) is 4.23. The lowest BCUT2D eigenvalue weighted by atomic mass is 10.0. The van der Waals surface area contributed by atoms with Crippen LogP contribution in [0.5, 0.6) is 0 Å². The Morgan fingerprint density at radius 1 is 1.24 bits per heavy atom. The van der Waals surface area contributed by atoms with E-state index in [0.717, 1.165) is 6.42 Å². The van der Waals surface area contributed by atoms with Crippen LogP contribution in [-0.2, 0) is 11.2 Å². The lowest BCUT2D eigenvalue weighted by Crippen LogP contribution is -2.45. The SMILES string of the molecule is COC(C)C(C)NC(CO)Cc1ccccc1. The Kier molecular flexibility index (Phi) is 6.19. The topological polar surface area (TPSA) is 41.5 Å². The van der Waals surface area contributed by atoms with Gasteiger partial charge in [0.15, 0.2) is 0 Å². The number of ether oxygens (including phenoxy) is 1. The second kappa shape index (κ2) is 7.43. The summed E-state index contributed by atoms with van der Waals surface area (Å²) in [6, 6.07) is 10.5. The molecule has 0 fully saturated rings. The molecule has 0 aliphatic rings. The predicted octanol–water partition coefficient (Wildman–Crippen LogP) is 1.60. The van der Waals surface area contributed by atoms with Crippen LogP contribution in [0.1, 0.15) is 19.4 Å². The van der Waals surface area contributed by atoms with Gasteiger partial charge in [0.1, 0.15) is 0 Å². The Labute approximate surface area is 104 Å². The van der Waals surface area contributed by atoms with E-state index in [4.69, 9.17) is 4.74 Å². The largest absolute Gasteiger partial charge is 0.395 e. The molecular weight excluding hydrogens is 214 g/mol. The van der Waals surface area contributed by atoms with Crippen LogP contribution in [0.25, 0.3) is 0 Å². The first-order valence-corrected chi connectivity index (χ1v) is 6.11. The summed E-state index contributed by atoms with van der Waals surface area (Å²) in [4.78, 5) is 0. The molecule has 3 unspecified atom stereocenters. The monoisotopic (exact) mass is 237 g/mol. The number of rotatable bonds is 7. The number of benzene rings is 1. The molecule has 0 aromatic heterocycles. The third-order valence-electron chi connectivity index (χ3n) is 3.12. The molecule has 96 valence electrons. The molecule has 3 atom stereocenters. The van der Waals surface area contributed by atoms with Crippen LogP contribution in [0.15, 0.2) is 30.3 Å². The third-order valence-corrected chi connectivity index (χ3v) is 3.12. The standard InChI is InChI=1S/C14H23NO2/c1-11(12(2)17-3)15-14(10-16)9-13-7-5-4-6-8-13/h4-8,11-12,14-16H,9-10H2,1-3H3. The molecule has 1 aromatic rings. The van der Waals surface area contributed by atoms with Crippen molar-refractivity contribution >= 4 is 0 Å². The highest BCUT2D eigenvalue weighted by Gasteiger charge is 2.16. The van der Waals surface area contributed by atoms with E-state index in [2.05, 4.69) is 24.4 Å². The van der Waals surface area contributed by atoms with E-state index in [1.807, 2.05) is 25.1 Å². The highest BCUT2D eigenvalue weighted by molar-refractivity contribution is 5.15. The van der Waals surface area contributed by atoms with Crippen LogP contribution in [0, 0.1) is 0 Å². The fourth-order valence-corrected chi connectivity index (χ4v) is 1.79. The predicted molar refractivity (Wildman–Crippen MR) is 70.1 cm³/mol. The second-order valence-corrected chi connectivity index (χ2v) is 4.47. The zero-order valence-corrected chi connectivity index (χ0v) is 10.9. The lowest BCUT2D eigenvalue weighted by molar-refractivity contribution is 0.0797. The van der Waals surface area contributed by atoms with Gasteiger partial charge in [0.05, 0.1) is 12.7 Å². The number of hydrogen-bond donors (Lipinski definition) is 2. The van der Waals surface area contributed by atoms with Gasteiger partial charge in [-0.05, 0) is 25.8 Å². The van der Waals surface area contributed by atoms with Gasteiger partial charge in [0.25, 0.3) is 0 Å². The second-order valence-electron chi connectivity index (χ2n) is 4.47. The molecule has 2 N–H and O–H groups in total. The van der Waals surface area contributed by atoms with E-state index in [1.54, 1.807) is 7.11 Å². The molecule has 0 heterocycles. The number of nitrogens with one attached hydrogen (secondary N) is 1. The normalized spacial score (nSPS) is 16.5. The molecule has 17 heavy (non-hydrogen) atoms. The van der Waals surface area contributed by atoms with Crippen molar-refractivity contribution in [3.8, 4) is 0 Å². The Morgan fingerprint density at radius 3 is 2.41 bits per heavy atom. The van der Waals surface area contributed by atoms with Gasteiger partial charge in [-0.3, -0.25) is 0 Å². The Balaban J connectivity index is 2.49. The van der Waals surface area contributed by atoms with Crippen molar-refractivity contribution in [2.24, 2.45) is 0 Å². The first kappa shape index (κ1) is 14.2. The summed E-state index contributed by atoms with van der Waals surface area (Å²) >= 11 is 0. The molecule has 0 saturated carbocycles. The Bertz CT molecular complexity index is 302. The maximum Gasteiger partial charge on any atom is 0.0693 e. The van der Waals surface area contributed by atoms with Crippen LogP contribution in [0.3, 0.4) is 0 Å². The number of hydrogen-bond acceptors (Lipinski definition) is 3. The van der Waals surface area contributed by atoms with Crippen molar-refractivity contribution in [1.82, 2.24) is 5.32 Å². The van der Waals surface area contributed by atoms with Gasteiger partial charge in [-0.15, -0.1) is 0 Å². The maximum absolute atomic E-state index is 9.39. The molecule has 3 heteroatoms. The number of aliphatic hydroxyl groups excluding tert-OH is 1. The molecule has 1 aromatic carbocycles. The van der Waals surface area contributed by atoms with Crippen molar-refractivity contribution in [2.45, 2.75) is 38.5 Å². The van der Waals surface area contributed by atoms with Crippen LogP contribution in [0.2, 0.25) is 0 Å². The first-order valence-electron chi connectivity index (χ1n) is 6.11. The van der Waals surface area contributed by atoms with Crippen LogP contribution >= 0.6 is 0 Å². The fraction of sp³-hybridized carbons (Fsp3) is 0.571. The molecule has 0 aliphatic heterocycles. The van der Waals surface area contributed by atoms with E-state index in [0.29, 0.717) is 0 Å². The highest BCUT2D eigenvalue weighted by atomic mass is 16.5. The van der Waals surface area contributed by atoms with Gasteiger partial charge in [-0.25, -0.2) is 0 Å². The molecule has 0 bridgehead atoms. The van der Waals surface area contributed by atoms with E-state index in [9.17, 15) is 5.11 Å². The zero-order valence-electron chi connectivity index (χ0n) is 10.9.